The van der Waals surface area contributed by atoms with Gasteiger partial charge in [-0.25, -0.2) is 4.98 Å². The Bertz CT molecular complexity index is 936. The number of thiazole rings is 1. The SMILES string of the molecule is C=CCNC(=O)c1ccc(Sc2nc3ccccc3s2)c([N+](=O)[O-])c1. The Hall–Kier alpha value is -2.71. The maximum absolute atomic E-state index is 12.0. The minimum Gasteiger partial charge on any atom is -0.349 e. The van der Waals surface area contributed by atoms with Crippen molar-refractivity contribution in [2.24, 2.45) is 0 Å². The first-order valence-electron chi connectivity index (χ1n) is 7.29. The Morgan fingerprint density at radius 2 is 2.16 bits per heavy atom. The van der Waals surface area contributed by atoms with E-state index >= 15 is 0 Å². The van der Waals surface area contributed by atoms with Gasteiger partial charge in [0, 0.05) is 18.2 Å². The zero-order valence-electron chi connectivity index (χ0n) is 13.0. The van der Waals surface area contributed by atoms with E-state index in [1.165, 1.54) is 29.2 Å². The number of amides is 1. The van der Waals surface area contributed by atoms with Crippen molar-refractivity contribution < 1.29 is 9.72 Å². The van der Waals surface area contributed by atoms with Crippen molar-refractivity contribution in [3.63, 3.8) is 0 Å². The highest BCUT2D eigenvalue weighted by Gasteiger charge is 2.19. The quantitative estimate of drug-likeness (QED) is 0.397. The number of nitro benzene ring substituents is 1. The molecule has 0 spiro atoms. The summed E-state index contributed by atoms with van der Waals surface area (Å²) in [5.41, 5.74) is 0.982. The summed E-state index contributed by atoms with van der Waals surface area (Å²) in [5, 5.41) is 14.0. The third-order valence-corrected chi connectivity index (χ3v) is 5.46. The van der Waals surface area contributed by atoms with Gasteiger partial charge in [-0.15, -0.1) is 17.9 Å². The van der Waals surface area contributed by atoms with Gasteiger partial charge in [0.25, 0.3) is 11.6 Å². The highest BCUT2D eigenvalue weighted by atomic mass is 32.2. The lowest BCUT2D eigenvalue weighted by Gasteiger charge is -2.05. The molecular formula is C17H13N3O3S2. The molecule has 0 atom stereocenters. The van der Waals surface area contributed by atoms with E-state index in [9.17, 15) is 14.9 Å². The van der Waals surface area contributed by atoms with Crippen LogP contribution < -0.4 is 5.32 Å². The molecule has 2 aromatic carbocycles. The molecule has 0 unspecified atom stereocenters. The van der Waals surface area contributed by atoms with Crippen LogP contribution in [0.3, 0.4) is 0 Å². The number of hydrogen-bond acceptors (Lipinski definition) is 6. The first-order valence-corrected chi connectivity index (χ1v) is 8.93. The van der Waals surface area contributed by atoms with Crippen molar-refractivity contribution in [1.82, 2.24) is 10.3 Å². The van der Waals surface area contributed by atoms with Crippen LogP contribution in [0.2, 0.25) is 0 Å². The van der Waals surface area contributed by atoms with Gasteiger partial charge in [-0.3, -0.25) is 14.9 Å². The second kappa shape index (κ2) is 7.45. The van der Waals surface area contributed by atoms with Gasteiger partial charge in [0.05, 0.1) is 20.0 Å². The molecular weight excluding hydrogens is 358 g/mol. The van der Waals surface area contributed by atoms with Gasteiger partial charge in [-0.05, 0) is 24.3 Å². The van der Waals surface area contributed by atoms with Crippen molar-refractivity contribution in [2.75, 3.05) is 6.54 Å². The number of hydrogen-bond donors (Lipinski definition) is 1. The second-order valence-corrected chi connectivity index (χ2v) is 7.31. The van der Waals surface area contributed by atoms with E-state index in [0.29, 0.717) is 15.8 Å². The fourth-order valence-corrected chi connectivity index (χ4v) is 4.25. The van der Waals surface area contributed by atoms with E-state index < -0.39 is 4.92 Å². The summed E-state index contributed by atoms with van der Waals surface area (Å²) in [6.45, 7) is 3.82. The summed E-state index contributed by atoms with van der Waals surface area (Å²) >= 11 is 2.70. The van der Waals surface area contributed by atoms with Gasteiger partial charge >= 0.3 is 0 Å². The molecule has 8 heteroatoms. The average molecular weight is 371 g/mol. The van der Waals surface area contributed by atoms with Gasteiger partial charge < -0.3 is 5.32 Å². The standard InChI is InChI=1S/C17H13N3O3S2/c1-2-9-18-16(21)11-7-8-15(13(10-11)20(22)23)25-17-19-12-5-3-4-6-14(12)24-17/h2-8,10H,1,9H2,(H,18,21). The van der Waals surface area contributed by atoms with Crippen molar-refractivity contribution in [3.8, 4) is 0 Å². The number of benzene rings is 2. The van der Waals surface area contributed by atoms with Crippen LogP contribution in [0.5, 0.6) is 0 Å². The van der Waals surface area contributed by atoms with E-state index in [0.717, 1.165) is 10.2 Å². The molecule has 1 amide bonds. The van der Waals surface area contributed by atoms with Crippen LogP contribution in [0, 0.1) is 10.1 Å². The van der Waals surface area contributed by atoms with Crippen molar-refractivity contribution >= 4 is 44.9 Å². The topological polar surface area (TPSA) is 85.1 Å². The molecule has 0 bridgehead atoms. The Morgan fingerprint density at radius 3 is 2.88 bits per heavy atom. The van der Waals surface area contributed by atoms with Gasteiger partial charge in [-0.2, -0.15) is 0 Å². The molecule has 6 nitrogen and oxygen atoms in total. The largest absolute Gasteiger partial charge is 0.349 e. The van der Waals surface area contributed by atoms with Gasteiger partial charge in [0.15, 0.2) is 4.34 Å². The molecule has 0 saturated carbocycles. The summed E-state index contributed by atoms with van der Waals surface area (Å²) in [6, 6.07) is 12.1. The Balaban J connectivity index is 1.91. The smallest absolute Gasteiger partial charge is 0.284 e. The molecule has 3 aromatic rings. The molecule has 0 saturated heterocycles. The summed E-state index contributed by atoms with van der Waals surface area (Å²) in [6.07, 6.45) is 1.55. The summed E-state index contributed by atoms with van der Waals surface area (Å²) < 4.78 is 1.74. The lowest BCUT2D eigenvalue weighted by molar-refractivity contribution is -0.387. The van der Waals surface area contributed by atoms with Crippen LogP contribution in [0.1, 0.15) is 10.4 Å². The molecule has 0 fully saturated rings. The number of rotatable bonds is 6. The third-order valence-electron chi connectivity index (χ3n) is 3.30. The lowest BCUT2D eigenvalue weighted by atomic mass is 10.2. The molecule has 0 aliphatic rings. The van der Waals surface area contributed by atoms with Crippen LogP contribution in [0.15, 0.2) is 64.4 Å². The zero-order chi connectivity index (χ0) is 17.8. The fourth-order valence-electron chi connectivity index (χ4n) is 2.14. The van der Waals surface area contributed by atoms with Crippen LogP contribution in [-0.4, -0.2) is 22.4 Å². The maximum atomic E-state index is 12.0. The number of carbonyl (C=O) groups is 1. The summed E-state index contributed by atoms with van der Waals surface area (Å²) in [5.74, 6) is -0.375. The number of nitro groups is 1. The predicted octanol–water partition coefficient (Wildman–Crippen LogP) is 4.27. The molecule has 0 aliphatic carbocycles. The number of nitrogens with one attached hydrogen (secondary N) is 1. The van der Waals surface area contributed by atoms with Crippen molar-refractivity contribution in [3.05, 3.63) is 70.8 Å². The van der Waals surface area contributed by atoms with E-state index in [1.807, 2.05) is 24.3 Å². The monoisotopic (exact) mass is 371 g/mol. The number of fused-ring (bicyclic) bond motifs is 1. The van der Waals surface area contributed by atoms with Crippen LogP contribution in [0.4, 0.5) is 5.69 Å². The molecule has 1 N–H and O–H groups in total. The first-order chi connectivity index (χ1) is 12.1. The van der Waals surface area contributed by atoms with Gasteiger partial charge in [0.2, 0.25) is 0 Å². The number of aromatic nitrogens is 1. The number of nitrogens with zero attached hydrogens (tertiary/aromatic N) is 2. The zero-order valence-corrected chi connectivity index (χ0v) is 14.6. The van der Waals surface area contributed by atoms with E-state index in [-0.39, 0.29) is 17.2 Å². The molecule has 3 rings (SSSR count). The lowest BCUT2D eigenvalue weighted by Crippen LogP contribution is -2.23. The highest BCUT2D eigenvalue weighted by Crippen LogP contribution is 2.38. The maximum Gasteiger partial charge on any atom is 0.284 e. The van der Waals surface area contributed by atoms with E-state index in [4.69, 9.17) is 0 Å². The Labute approximate surface area is 151 Å². The number of para-hydroxylation sites is 1. The minimum absolute atomic E-state index is 0.115. The van der Waals surface area contributed by atoms with Crippen molar-refractivity contribution in [1.29, 1.82) is 0 Å². The van der Waals surface area contributed by atoms with Crippen LogP contribution >= 0.6 is 23.1 Å². The summed E-state index contributed by atoms with van der Waals surface area (Å²) in [4.78, 5) is 27.8. The molecule has 126 valence electrons. The van der Waals surface area contributed by atoms with E-state index in [2.05, 4.69) is 16.9 Å². The molecule has 0 aliphatic heterocycles. The fraction of sp³-hybridized carbons (Fsp3) is 0.0588. The number of carbonyl (C=O) groups excluding carboxylic acids is 1. The Kier molecular flexibility index (Phi) is 5.11. The van der Waals surface area contributed by atoms with E-state index in [1.54, 1.807) is 18.2 Å². The summed E-state index contributed by atoms with van der Waals surface area (Å²) in [7, 11) is 0. The minimum atomic E-state index is -0.486. The first kappa shape index (κ1) is 17.1. The van der Waals surface area contributed by atoms with Crippen LogP contribution in [0.25, 0.3) is 10.2 Å². The molecule has 1 heterocycles. The average Bonchev–Trinajstić information content (AvgIpc) is 3.02. The predicted molar refractivity (Wildman–Crippen MR) is 99.4 cm³/mol. The third kappa shape index (κ3) is 3.86. The normalized spacial score (nSPS) is 10.6. The van der Waals surface area contributed by atoms with Crippen LogP contribution in [-0.2, 0) is 0 Å². The van der Waals surface area contributed by atoms with Gasteiger partial charge in [-0.1, -0.05) is 30.0 Å². The van der Waals surface area contributed by atoms with Crippen molar-refractivity contribution in [2.45, 2.75) is 9.24 Å². The second-order valence-electron chi connectivity index (χ2n) is 4.99. The highest BCUT2D eigenvalue weighted by molar-refractivity contribution is 8.01. The molecule has 0 radical (unpaired) electrons. The molecule has 1 aromatic heterocycles. The molecule has 25 heavy (non-hydrogen) atoms. The van der Waals surface area contributed by atoms with Gasteiger partial charge in [0.1, 0.15) is 0 Å². The Morgan fingerprint density at radius 1 is 1.36 bits per heavy atom.